The molecule has 2 fully saturated rings. The lowest BCUT2D eigenvalue weighted by atomic mass is 9.87. The van der Waals surface area contributed by atoms with Gasteiger partial charge in [0.2, 0.25) is 5.91 Å². The van der Waals surface area contributed by atoms with Crippen LogP contribution in [0.1, 0.15) is 51.9 Å². The molecule has 0 unspecified atom stereocenters. The number of amidine groups is 1. The van der Waals surface area contributed by atoms with Crippen molar-refractivity contribution >= 4 is 34.9 Å². The third-order valence-corrected chi connectivity index (χ3v) is 8.06. The van der Waals surface area contributed by atoms with E-state index in [0.29, 0.717) is 24.3 Å². The number of likely N-dealkylation sites (tertiary alicyclic amines) is 1. The molecule has 0 bridgehead atoms. The van der Waals surface area contributed by atoms with Crippen molar-refractivity contribution in [1.29, 1.82) is 5.41 Å². The van der Waals surface area contributed by atoms with E-state index in [1.807, 2.05) is 26.0 Å². The maximum absolute atomic E-state index is 13.8. The normalized spacial score (nSPS) is 23.4. The lowest BCUT2D eigenvalue weighted by molar-refractivity contribution is -0.169. The third-order valence-electron chi connectivity index (χ3n) is 8.06. The number of benzene rings is 1. The molecule has 0 saturated carbocycles. The summed E-state index contributed by atoms with van der Waals surface area (Å²) >= 11 is 0. The number of morpholine rings is 1. The van der Waals surface area contributed by atoms with Gasteiger partial charge in [0, 0.05) is 25.3 Å². The minimum absolute atomic E-state index is 0.00396. The Bertz CT molecular complexity index is 1380. The number of aromatic nitrogens is 2. The lowest BCUT2D eigenvalue weighted by Crippen LogP contribution is -2.45. The Morgan fingerprint density at radius 1 is 1.14 bits per heavy atom. The van der Waals surface area contributed by atoms with Crippen LogP contribution < -0.4 is 15.1 Å². The zero-order chi connectivity index (χ0) is 32.0. The van der Waals surface area contributed by atoms with Crippen LogP contribution in [0.15, 0.2) is 24.3 Å². The molecule has 1 aromatic heterocycles. The van der Waals surface area contributed by atoms with Crippen LogP contribution in [0.25, 0.3) is 0 Å². The van der Waals surface area contributed by atoms with Gasteiger partial charge in [-0.1, -0.05) is 0 Å². The van der Waals surface area contributed by atoms with Crippen LogP contribution in [-0.4, -0.2) is 83.8 Å². The molecule has 2 saturated heterocycles. The minimum atomic E-state index is -4.52. The van der Waals surface area contributed by atoms with Gasteiger partial charge in [0.25, 0.3) is 12.4 Å². The van der Waals surface area contributed by atoms with Gasteiger partial charge < -0.3 is 24.6 Å². The van der Waals surface area contributed by atoms with Crippen molar-refractivity contribution in [3.8, 4) is 0 Å². The summed E-state index contributed by atoms with van der Waals surface area (Å²) in [6.45, 7) is 7.44. The van der Waals surface area contributed by atoms with E-state index < -0.39 is 43.2 Å². The number of fused-ring (bicyclic) bond motifs is 1. The largest absolute Gasteiger partial charge is 0.457 e. The van der Waals surface area contributed by atoms with E-state index in [4.69, 9.17) is 14.9 Å². The number of halogens is 5. The van der Waals surface area contributed by atoms with Crippen LogP contribution in [0.5, 0.6) is 0 Å². The number of hydrogen-bond donors (Lipinski definition) is 2. The molecule has 44 heavy (non-hydrogen) atoms. The summed E-state index contributed by atoms with van der Waals surface area (Å²) in [5, 5.41) is 10.7. The van der Waals surface area contributed by atoms with Gasteiger partial charge in [-0.15, -0.1) is 0 Å². The first kappa shape index (κ1) is 31.7. The average Bonchev–Trinajstić information content (AvgIpc) is 3.52. The molecular weight excluding hydrogens is 589 g/mol. The Morgan fingerprint density at radius 3 is 2.39 bits per heavy atom. The van der Waals surface area contributed by atoms with E-state index in [1.165, 1.54) is 4.90 Å². The molecule has 3 atom stereocenters. The number of carbonyl (C=O) groups is 1. The molecule has 2 aromatic rings. The fourth-order valence-electron chi connectivity index (χ4n) is 6.09. The van der Waals surface area contributed by atoms with Crippen molar-refractivity contribution in [2.75, 3.05) is 41.3 Å². The molecule has 10 nitrogen and oxygen atoms in total. The monoisotopic (exact) mass is 625 g/mol. The van der Waals surface area contributed by atoms with E-state index in [1.54, 1.807) is 26.0 Å². The van der Waals surface area contributed by atoms with E-state index in [-0.39, 0.29) is 55.0 Å². The molecule has 1 amide bonds. The molecule has 0 aliphatic carbocycles. The predicted molar refractivity (Wildman–Crippen MR) is 154 cm³/mol. The SMILES string of the molecule is C[C@@H]1CN(c2ccc(N3C(=O)C(C)(C)c4c(NCC(F)F)nc(COC(=N)N5CCC[C@@H]5C(F)(F)F)nc43)cc2)C[C@H](C)O1. The molecule has 2 N–H and O–H groups in total. The van der Waals surface area contributed by atoms with Crippen LogP contribution >= 0.6 is 0 Å². The van der Waals surface area contributed by atoms with Gasteiger partial charge in [-0.05, 0) is 64.8 Å². The van der Waals surface area contributed by atoms with Crippen molar-refractivity contribution in [3.05, 3.63) is 35.7 Å². The first-order valence-corrected chi connectivity index (χ1v) is 14.5. The number of hydrogen-bond acceptors (Lipinski definition) is 8. The predicted octanol–water partition coefficient (Wildman–Crippen LogP) is 5.20. The van der Waals surface area contributed by atoms with Gasteiger partial charge >= 0.3 is 6.18 Å². The molecule has 3 aliphatic heterocycles. The smallest absolute Gasteiger partial charge is 0.408 e. The van der Waals surface area contributed by atoms with Crippen molar-refractivity contribution in [1.82, 2.24) is 14.9 Å². The van der Waals surface area contributed by atoms with Crippen molar-refractivity contribution in [2.45, 2.75) is 83.4 Å². The fourth-order valence-corrected chi connectivity index (χ4v) is 6.09. The highest BCUT2D eigenvalue weighted by molar-refractivity contribution is 6.12. The lowest BCUT2D eigenvalue weighted by Gasteiger charge is -2.37. The van der Waals surface area contributed by atoms with Gasteiger partial charge in [0.05, 0.1) is 35.4 Å². The molecule has 4 heterocycles. The second-order valence-corrected chi connectivity index (χ2v) is 11.9. The van der Waals surface area contributed by atoms with E-state index >= 15 is 0 Å². The van der Waals surface area contributed by atoms with Gasteiger partial charge in [0.1, 0.15) is 17.7 Å². The van der Waals surface area contributed by atoms with Crippen LogP contribution in [0, 0.1) is 5.41 Å². The van der Waals surface area contributed by atoms with E-state index in [9.17, 15) is 26.7 Å². The number of anilines is 4. The molecule has 240 valence electrons. The van der Waals surface area contributed by atoms with Crippen LogP contribution in [0.4, 0.5) is 45.0 Å². The second kappa shape index (κ2) is 12.0. The quantitative estimate of drug-likeness (QED) is 0.246. The highest BCUT2D eigenvalue weighted by Gasteiger charge is 2.49. The first-order chi connectivity index (χ1) is 20.7. The number of ether oxygens (including phenoxy) is 2. The maximum atomic E-state index is 13.8. The highest BCUT2D eigenvalue weighted by Crippen LogP contribution is 2.47. The second-order valence-electron chi connectivity index (χ2n) is 11.9. The number of nitrogens with zero attached hydrogens (tertiary/aromatic N) is 5. The summed E-state index contributed by atoms with van der Waals surface area (Å²) in [4.78, 5) is 27.0. The standard InChI is InChI=1S/C29H36F5N7O3/c1-16-13-39(14-17(2)44-16)18-7-9-19(10-8-18)41-25-23(28(3,4)26(41)42)24(36-12-21(30)31)37-22(38-25)15-43-27(35)40-11-5-6-20(40)29(32,33)34/h7-10,16-17,20-21,35H,5-6,11-15H2,1-4H3,(H,36,37,38)/t16-,17+,20-/m1/s1. The molecule has 0 radical (unpaired) electrons. The van der Waals surface area contributed by atoms with Crippen molar-refractivity contribution in [2.24, 2.45) is 0 Å². The number of amides is 1. The van der Waals surface area contributed by atoms with Crippen LogP contribution in [0.3, 0.4) is 0 Å². The molecule has 1 aromatic carbocycles. The summed E-state index contributed by atoms with van der Waals surface area (Å²) in [6.07, 6.45) is -7.05. The summed E-state index contributed by atoms with van der Waals surface area (Å²) in [6, 6.07) is 4.79. The Labute approximate surface area is 252 Å². The summed E-state index contributed by atoms with van der Waals surface area (Å²) in [5.41, 5.74) is 0.534. The van der Waals surface area contributed by atoms with Crippen molar-refractivity contribution < 1.29 is 36.2 Å². The first-order valence-electron chi connectivity index (χ1n) is 14.5. The number of rotatable bonds is 7. The Hall–Kier alpha value is -3.75. The Kier molecular flexibility index (Phi) is 8.62. The summed E-state index contributed by atoms with van der Waals surface area (Å²) in [5.74, 6) is -0.313. The molecule has 3 aliphatic rings. The van der Waals surface area contributed by atoms with Gasteiger partial charge in [-0.25, -0.2) is 18.7 Å². The zero-order valence-electron chi connectivity index (χ0n) is 24.9. The van der Waals surface area contributed by atoms with E-state index in [0.717, 1.165) is 10.6 Å². The number of alkyl halides is 5. The van der Waals surface area contributed by atoms with Gasteiger partial charge in [-0.2, -0.15) is 13.2 Å². The summed E-state index contributed by atoms with van der Waals surface area (Å²) in [7, 11) is 0. The molecule has 0 spiro atoms. The molecule has 15 heteroatoms. The fraction of sp³-hybridized carbons (Fsp3) is 0.586. The van der Waals surface area contributed by atoms with Gasteiger partial charge in [-0.3, -0.25) is 15.1 Å². The van der Waals surface area contributed by atoms with Crippen LogP contribution in [0.2, 0.25) is 0 Å². The third kappa shape index (κ3) is 6.24. The maximum Gasteiger partial charge on any atom is 0.408 e. The zero-order valence-corrected chi connectivity index (χ0v) is 24.9. The number of carbonyl (C=O) groups excluding carboxylic acids is 1. The summed E-state index contributed by atoms with van der Waals surface area (Å²) < 4.78 is 78.0. The van der Waals surface area contributed by atoms with Gasteiger partial charge in [0.15, 0.2) is 12.4 Å². The minimum Gasteiger partial charge on any atom is -0.457 e. The topological polar surface area (TPSA) is 107 Å². The Morgan fingerprint density at radius 2 is 1.77 bits per heavy atom. The Balaban J connectivity index is 1.45. The number of nitrogens with one attached hydrogen (secondary N) is 2. The molecular formula is C29H36F5N7O3. The van der Waals surface area contributed by atoms with Crippen LogP contribution in [-0.2, 0) is 26.3 Å². The van der Waals surface area contributed by atoms with E-state index in [2.05, 4.69) is 20.2 Å². The molecule has 5 rings (SSSR count). The average molecular weight is 626 g/mol. The highest BCUT2D eigenvalue weighted by atomic mass is 19.4. The van der Waals surface area contributed by atoms with Crippen molar-refractivity contribution in [3.63, 3.8) is 0 Å².